The van der Waals surface area contributed by atoms with E-state index in [2.05, 4.69) is 6.92 Å². The number of esters is 1. The highest BCUT2D eigenvalue weighted by molar-refractivity contribution is 6.29. The number of ether oxygens (including phenoxy) is 1. The van der Waals surface area contributed by atoms with Crippen molar-refractivity contribution in [2.45, 2.75) is 103 Å². The van der Waals surface area contributed by atoms with Crippen molar-refractivity contribution in [3.63, 3.8) is 0 Å². The molecule has 4 rings (SSSR count). The molecular formula is C27H38ClFO5. The summed E-state index contributed by atoms with van der Waals surface area (Å²) in [4.78, 5) is 52.1. The van der Waals surface area contributed by atoms with E-state index in [-0.39, 0.29) is 54.5 Å². The molecule has 0 amide bonds. The lowest BCUT2D eigenvalue weighted by Crippen LogP contribution is -2.71. The van der Waals surface area contributed by atoms with Crippen LogP contribution >= 0.6 is 11.6 Å². The van der Waals surface area contributed by atoms with Gasteiger partial charge in [-0.2, -0.15) is 0 Å². The van der Waals surface area contributed by atoms with Crippen LogP contribution in [0.1, 0.15) is 91.9 Å². The number of unbranched alkanes of at least 4 members (excludes halogenated alkanes) is 1. The number of fused-ring (bicyclic) bond motifs is 5. The predicted octanol–water partition coefficient (Wildman–Crippen LogP) is 5.40. The molecule has 8 atom stereocenters. The highest BCUT2D eigenvalue weighted by atomic mass is 35.5. The Morgan fingerprint density at radius 2 is 1.82 bits per heavy atom. The van der Waals surface area contributed by atoms with Crippen molar-refractivity contribution in [1.82, 2.24) is 0 Å². The molecule has 0 spiro atoms. The minimum absolute atomic E-state index is 0.0871. The molecule has 190 valence electrons. The predicted molar refractivity (Wildman–Crippen MR) is 126 cm³/mol. The Hall–Kier alpha value is -1.30. The van der Waals surface area contributed by atoms with Gasteiger partial charge in [0.25, 0.3) is 0 Å². The van der Waals surface area contributed by atoms with E-state index >= 15 is 4.39 Å². The van der Waals surface area contributed by atoms with E-state index in [1.165, 1.54) is 0 Å². The summed E-state index contributed by atoms with van der Waals surface area (Å²) in [6.45, 7) is 7.74. The summed E-state index contributed by atoms with van der Waals surface area (Å²) in [6, 6.07) is 0. The zero-order valence-electron chi connectivity index (χ0n) is 20.9. The van der Waals surface area contributed by atoms with Crippen molar-refractivity contribution in [3.05, 3.63) is 0 Å². The molecule has 4 aliphatic carbocycles. The van der Waals surface area contributed by atoms with Gasteiger partial charge >= 0.3 is 5.97 Å². The van der Waals surface area contributed by atoms with Crippen LogP contribution in [0.5, 0.6) is 0 Å². The molecule has 0 N–H and O–H groups in total. The van der Waals surface area contributed by atoms with Crippen molar-refractivity contribution < 1.29 is 28.3 Å². The first-order chi connectivity index (χ1) is 15.9. The van der Waals surface area contributed by atoms with Crippen LogP contribution in [0.15, 0.2) is 0 Å². The van der Waals surface area contributed by atoms with E-state index in [0.29, 0.717) is 38.5 Å². The van der Waals surface area contributed by atoms with Gasteiger partial charge in [0, 0.05) is 42.4 Å². The van der Waals surface area contributed by atoms with Gasteiger partial charge in [-0.15, -0.1) is 11.6 Å². The van der Waals surface area contributed by atoms with E-state index in [4.69, 9.17) is 16.3 Å². The number of halogens is 2. The van der Waals surface area contributed by atoms with Gasteiger partial charge in [-0.05, 0) is 49.9 Å². The van der Waals surface area contributed by atoms with Gasteiger partial charge in [0.2, 0.25) is 0 Å². The van der Waals surface area contributed by atoms with E-state index in [1.54, 1.807) is 0 Å². The van der Waals surface area contributed by atoms with Crippen molar-refractivity contribution in [2.75, 3.05) is 5.88 Å². The van der Waals surface area contributed by atoms with E-state index in [0.717, 1.165) is 6.42 Å². The molecule has 4 fully saturated rings. The zero-order chi connectivity index (χ0) is 25.1. The topological polar surface area (TPSA) is 77.5 Å². The number of hydrogen-bond acceptors (Lipinski definition) is 5. The first-order valence-electron chi connectivity index (χ1n) is 13.0. The Morgan fingerprint density at radius 1 is 1.12 bits per heavy atom. The summed E-state index contributed by atoms with van der Waals surface area (Å²) < 4.78 is 23.3. The lowest BCUT2D eigenvalue weighted by Gasteiger charge is -2.64. The van der Waals surface area contributed by atoms with Crippen LogP contribution < -0.4 is 0 Å². The summed E-state index contributed by atoms with van der Waals surface area (Å²) in [6.07, 6.45) is 3.78. The van der Waals surface area contributed by atoms with E-state index in [9.17, 15) is 19.2 Å². The SMILES string of the molecule is CCCCC(=O)O[C@]1(C(=O)CCl)CC[C@H]2[C@@H]3C[C@H](C)[C@@H]4CC(=O)CC[C@]4(C)[C@@]3(F)C(=O)C[C@@]21C. The standard InChI is InChI=1S/C27H38ClFO5/c1-5-6-7-23(33)34-26(22(32)15-28)11-9-18-20-12-16(2)19-13-17(30)8-10-24(19,3)27(20,29)21(31)14-25(18,26)4/h16,18-20H,5-15H2,1-4H3/t16-,18-,19-,20-,24-,25-,26-,27-/m0/s1. The van der Waals surface area contributed by atoms with Gasteiger partial charge in [-0.3, -0.25) is 19.2 Å². The molecule has 0 radical (unpaired) electrons. The summed E-state index contributed by atoms with van der Waals surface area (Å²) in [5.74, 6) is -2.43. The van der Waals surface area contributed by atoms with Gasteiger partial charge in [0.05, 0.1) is 5.88 Å². The number of Topliss-reactive ketones (excluding diaryl/α,β-unsaturated/α-hetero) is 3. The molecule has 7 heteroatoms. The molecular weight excluding hydrogens is 459 g/mol. The smallest absolute Gasteiger partial charge is 0.306 e. The fourth-order valence-corrected chi connectivity index (χ4v) is 8.77. The van der Waals surface area contributed by atoms with E-state index < -0.39 is 39.8 Å². The molecule has 34 heavy (non-hydrogen) atoms. The zero-order valence-corrected chi connectivity index (χ0v) is 21.6. The Kier molecular flexibility index (Phi) is 6.58. The summed E-state index contributed by atoms with van der Waals surface area (Å²) >= 11 is 6.02. The minimum atomic E-state index is -2.04. The lowest BCUT2D eigenvalue weighted by molar-refractivity contribution is -0.219. The number of hydrogen-bond donors (Lipinski definition) is 0. The van der Waals surface area contributed by atoms with Gasteiger partial charge in [0.1, 0.15) is 5.78 Å². The fourth-order valence-electron chi connectivity index (χ4n) is 8.56. The Balaban J connectivity index is 1.76. The molecule has 4 aliphatic rings. The highest BCUT2D eigenvalue weighted by Crippen LogP contribution is 2.71. The molecule has 0 aromatic rings. The number of ketones is 3. The summed E-state index contributed by atoms with van der Waals surface area (Å²) in [5, 5.41) is 0. The largest absolute Gasteiger partial charge is 0.450 e. The summed E-state index contributed by atoms with van der Waals surface area (Å²) in [5.41, 5.74) is -5.43. The van der Waals surface area contributed by atoms with Crippen molar-refractivity contribution in [3.8, 4) is 0 Å². The van der Waals surface area contributed by atoms with Gasteiger partial charge in [-0.25, -0.2) is 4.39 Å². The van der Waals surface area contributed by atoms with Crippen LogP contribution in [0.25, 0.3) is 0 Å². The Labute approximate surface area is 206 Å². The minimum Gasteiger partial charge on any atom is -0.450 e. The van der Waals surface area contributed by atoms with Crippen LogP contribution in [0.3, 0.4) is 0 Å². The second kappa shape index (κ2) is 8.67. The van der Waals surface area contributed by atoms with Crippen molar-refractivity contribution >= 4 is 34.9 Å². The van der Waals surface area contributed by atoms with Crippen molar-refractivity contribution in [1.29, 1.82) is 0 Å². The van der Waals surface area contributed by atoms with Crippen LogP contribution in [0, 0.1) is 34.5 Å². The van der Waals surface area contributed by atoms with Crippen molar-refractivity contribution in [2.24, 2.45) is 34.5 Å². The Bertz CT molecular complexity index is 905. The van der Waals surface area contributed by atoms with Gasteiger partial charge in [0.15, 0.2) is 22.8 Å². The fraction of sp³-hybridized carbons (Fsp3) is 0.852. The second-order valence-electron chi connectivity index (χ2n) is 11.9. The van der Waals surface area contributed by atoms with E-state index in [1.807, 2.05) is 20.8 Å². The van der Waals surface area contributed by atoms with Gasteiger partial charge in [-0.1, -0.05) is 34.1 Å². The molecule has 0 aromatic heterocycles. The number of rotatable bonds is 6. The molecule has 5 nitrogen and oxygen atoms in total. The van der Waals surface area contributed by atoms with Crippen LogP contribution in [-0.2, 0) is 23.9 Å². The third kappa shape index (κ3) is 3.29. The maximum Gasteiger partial charge on any atom is 0.306 e. The Morgan fingerprint density at radius 3 is 2.47 bits per heavy atom. The molecule has 0 aliphatic heterocycles. The lowest BCUT2D eigenvalue weighted by atomic mass is 9.41. The average molecular weight is 497 g/mol. The number of alkyl halides is 2. The van der Waals surface area contributed by atoms with Gasteiger partial charge < -0.3 is 4.74 Å². The molecule has 0 saturated heterocycles. The first kappa shape index (κ1) is 25.8. The molecule has 0 bridgehead atoms. The van der Waals surface area contributed by atoms with Crippen LogP contribution in [0.2, 0.25) is 0 Å². The molecule has 0 heterocycles. The van der Waals surface area contributed by atoms with Crippen LogP contribution in [0.4, 0.5) is 4.39 Å². The van der Waals surface area contributed by atoms with Crippen LogP contribution in [-0.4, -0.2) is 40.5 Å². The highest BCUT2D eigenvalue weighted by Gasteiger charge is 2.77. The molecule has 0 unspecified atom stereocenters. The normalized spacial score (nSPS) is 45.8. The second-order valence-corrected chi connectivity index (χ2v) is 12.2. The maximum absolute atomic E-state index is 17.3. The maximum atomic E-state index is 17.3. The number of carbonyl (C=O) groups excluding carboxylic acids is 4. The molecule has 4 saturated carbocycles. The summed E-state index contributed by atoms with van der Waals surface area (Å²) in [7, 11) is 0. The quantitative estimate of drug-likeness (QED) is 0.363. The first-order valence-corrected chi connectivity index (χ1v) is 13.5. The molecule has 0 aromatic carbocycles. The third-order valence-corrected chi connectivity index (χ3v) is 10.6. The number of carbonyl (C=O) groups is 4. The third-order valence-electron chi connectivity index (χ3n) is 10.4. The average Bonchev–Trinajstić information content (AvgIpc) is 3.07. The monoisotopic (exact) mass is 496 g/mol.